The number of nitro benzene ring substituents is 1. The molecule has 0 amide bonds. The average molecular weight is 333 g/mol. The minimum atomic E-state index is -0.379. The summed E-state index contributed by atoms with van der Waals surface area (Å²) < 4.78 is 5.47. The number of ether oxygens (including phenoxy) is 1. The fraction of sp³-hybridized carbons (Fsp3) is 0.667. The van der Waals surface area contributed by atoms with E-state index < -0.39 is 0 Å². The van der Waals surface area contributed by atoms with Crippen molar-refractivity contribution in [1.29, 1.82) is 0 Å². The normalized spacial score (nSPS) is 22.8. The summed E-state index contributed by atoms with van der Waals surface area (Å²) in [6.45, 7) is 7.84. The molecule has 2 aliphatic heterocycles. The van der Waals surface area contributed by atoms with Crippen molar-refractivity contribution < 1.29 is 9.66 Å². The van der Waals surface area contributed by atoms with E-state index in [4.69, 9.17) is 4.74 Å². The molecule has 2 heterocycles. The predicted octanol–water partition coefficient (Wildman–Crippen LogP) is 3.45. The summed E-state index contributed by atoms with van der Waals surface area (Å²) in [6, 6.07) is 6.63. The molecule has 1 aromatic carbocycles. The van der Waals surface area contributed by atoms with Gasteiger partial charge in [0.25, 0.3) is 0 Å². The lowest BCUT2D eigenvalue weighted by Gasteiger charge is -2.39. The van der Waals surface area contributed by atoms with Gasteiger partial charge in [0.05, 0.1) is 11.5 Å². The number of nitrogens with zero attached hydrogens (tertiary/aromatic N) is 3. The molecular weight excluding hydrogens is 306 g/mol. The van der Waals surface area contributed by atoms with E-state index in [-0.39, 0.29) is 10.6 Å². The van der Waals surface area contributed by atoms with Gasteiger partial charge in [-0.3, -0.25) is 15.0 Å². The van der Waals surface area contributed by atoms with Gasteiger partial charge in [-0.05, 0) is 52.1 Å². The zero-order chi connectivity index (χ0) is 17.1. The van der Waals surface area contributed by atoms with Crippen molar-refractivity contribution in [3.63, 3.8) is 0 Å². The summed E-state index contributed by atoms with van der Waals surface area (Å²) in [5.74, 6) is 0.371. The molecule has 1 unspecified atom stereocenters. The summed E-state index contributed by atoms with van der Waals surface area (Å²) in [5.41, 5.74) is 1.07. The summed E-state index contributed by atoms with van der Waals surface area (Å²) in [6.07, 6.45) is 4.96. The van der Waals surface area contributed by atoms with E-state index in [0.717, 1.165) is 31.6 Å². The van der Waals surface area contributed by atoms with Gasteiger partial charge in [0, 0.05) is 43.0 Å². The highest BCUT2D eigenvalue weighted by molar-refractivity contribution is 5.59. The first-order chi connectivity index (χ1) is 11.6. The molecule has 0 saturated carbocycles. The van der Waals surface area contributed by atoms with E-state index in [2.05, 4.69) is 16.7 Å². The van der Waals surface area contributed by atoms with Gasteiger partial charge in [0.2, 0.25) is 0 Å². The van der Waals surface area contributed by atoms with Gasteiger partial charge >= 0.3 is 5.69 Å². The number of rotatable bonds is 5. The molecule has 0 aromatic heterocycles. The Bertz CT molecular complexity index is 585. The molecule has 2 saturated heterocycles. The fourth-order valence-electron chi connectivity index (χ4n) is 4.08. The molecule has 6 nitrogen and oxygen atoms in total. The third kappa shape index (κ3) is 3.48. The zero-order valence-corrected chi connectivity index (χ0v) is 14.6. The number of piperidine rings is 1. The second-order valence-electron chi connectivity index (χ2n) is 6.79. The molecule has 0 bridgehead atoms. The van der Waals surface area contributed by atoms with E-state index in [9.17, 15) is 10.1 Å². The molecular formula is C18H27N3O3. The molecule has 24 heavy (non-hydrogen) atoms. The van der Waals surface area contributed by atoms with Gasteiger partial charge in [-0.1, -0.05) is 0 Å². The molecule has 0 N–H and O–H groups in total. The average Bonchev–Trinajstić information content (AvgIpc) is 3.01. The summed E-state index contributed by atoms with van der Waals surface area (Å²) >= 11 is 0. The topological polar surface area (TPSA) is 58.8 Å². The van der Waals surface area contributed by atoms with Crippen molar-refractivity contribution in [1.82, 2.24) is 4.90 Å². The summed E-state index contributed by atoms with van der Waals surface area (Å²) in [4.78, 5) is 15.7. The standard InChI is InChI=1S/C18H27N3O3/c1-3-24-18-13-16(6-7-17(18)21(22)23)19-11-8-15(9-12-19)20-10-4-5-14(20)2/h6-7,13-15H,3-5,8-12H2,1-2H3. The number of nitro groups is 1. The van der Waals surface area contributed by atoms with E-state index in [1.807, 2.05) is 19.1 Å². The van der Waals surface area contributed by atoms with Gasteiger partial charge in [0.1, 0.15) is 0 Å². The monoisotopic (exact) mass is 333 g/mol. The van der Waals surface area contributed by atoms with Crippen LogP contribution in [0.1, 0.15) is 39.5 Å². The lowest BCUT2D eigenvalue weighted by Crippen LogP contribution is -2.46. The first-order valence-corrected chi connectivity index (χ1v) is 9.02. The molecule has 0 radical (unpaired) electrons. The lowest BCUT2D eigenvalue weighted by atomic mass is 10.0. The third-order valence-electron chi connectivity index (χ3n) is 5.34. The Labute approximate surface area is 143 Å². The number of hydrogen-bond acceptors (Lipinski definition) is 5. The van der Waals surface area contributed by atoms with Gasteiger partial charge in [-0.15, -0.1) is 0 Å². The van der Waals surface area contributed by atoms with Crippen molar-refractivity contribution in [2.24, 2.45) is 0 Å². The number of likely N-dealkylation sites (tertiary alicyclic amines) is 1. The Hall–Kier alpha value is -1.82. The highest BCUT2D eigenvalue weighted by Crippen LogP contribution is 2.34. The Balaban J connectivity index is 1.67. The molecule has 3 rings (SSSR count). The quantitative estimate of drug-likeness (QED) is 0.610. The van der Waals surface area contributed by atoms with Gasteiger partial charge in [-0.25, -0.2) is 0 Å². The van der Waals surface area contributed by atoms with Crippen LogP contribution in [-0.2, 0) is 0 Å². The maximum absolute atomic E-state index is 11.1. The van der Waals surface area contributed by atoms with Crippen LogP contribution >= 0.6 is 0 Å². The maximum Gasteiger partial charge on any atom is 0.311 e. The number of hydrogen-bond donors (Lipinski definition) is 0. The largest absolute Gasteiger partial charge is 0.487 e. The van der Waals surface area contributed by atoms with Crippen LogP contribution in [0.2, 0.25) is 0 Å². The minimum Gasteiger partial charge on any atom is -0.487 e. The highest BCUT2D eigenvalue weighted by Gasteiger charge is 2.30. The minimum absolute atomic E-state index is 0.0429. The summed E-state index contributed by atoms with van der Waals surface area (Å²) in [5, 5.41) is 11.1. The van der Waals surface area contributed by atoms with Gasteiger partial charge < -0.3 is 9.64 Å². The van der Waals surface area contributed by atoms with Crippen molar-refractivity contribution in [3.05, 3.63) is 28.3 Å². The molecule has 1 atom stereocenters. The maximum atomic E-state index is 11.1. The Morgan fingerprint density at radius 1 is 1.25 bits per heavy atom. The van der Waals surface area contributed by atoms with Crippen LogP contribution in [0, 0.1) is 10.1 Å². The highest BCUT2D eigenvalue weighted by atomic mass is 16.6. The molecule has 2 aliphatic rings. The van der Waals surface area contributed by atoms with Crippen molar-refractivity contribution in [3.8, 4) is 5.75 Å². The van der Waals surface area contributed by atoms with E-state index in [0.29, 0.717) is 24.4 Å². The molecule has 2 fully saturated rings. The molecule has 132 valence electrons. The Morgan fingerprint density at radius 3 is 2.58 bits per heavy atom. The Morgan fingerprint density at radius 2 is 2.00 bits per heavy atom. The Kier molecular flexibility index (Phi) is 5.23. The number of anilines is 1. The predicted molar refractivity (Wildman–Crippen MR) is 94.9 cm³/mol. The SMILES string of the molecule is CCOc1cc(N2CCC(N3CCCC3C)CC2)ccc1[N+](=O)[O-]. The first kappa shape index (κ1) is 17.0. The lowest BCUT2D eigenvalue weighted by molar-refractivity contribution is -0.385. The molecule has 1 aromatic rings. The van der Waals surface area contributed by atoms with Crippen molar-refractivity contribution in [2.45, 2.75) is 51.6 Å². The fourth-order valence-corrected chi connectivity index (χ4v) is 4.08. The van der Waals surface area contributed by atoms with E-state index in [1.165, 1.54) is 19.4 Å². The van der Waals surface area contributed by atoms with Gasteiger partial charge in [-0.2, -0.15) is 0 Å². The molecule has 0 aliphatic carbocycles. The summed E-state index contributed by atoms with van der Waals surface area (Å²) in [7, 11) is 0. The van der Waals surface area contributed by atoms with Crippen molar-refractivity contribution >= 4 is 11.4 Å². The second-order valence-corrected chi connectivity index (χ2v) is 6.79. The molecule has 0 spiro atoms. The van der Waals surface area contributed by atoms with Crippen LogP contribution in [0.5, 0.6) is 5.75 Å². The van der Waals surface area contributed by atoms with Crippen LogP contribution in [0.4, 0.5) is 11.4 Å². The van der Waals surface area contributed by atoms with Crippen LogP contribution in [-0.4, -0.2) is 48.1 Å². The first-order valence-electron chi connectivity index (χ1n) is 9.02. The third-order valence-corrected chi connectivity index (χ3v) is 5.34. The smallest absolute Gasteiger partial charge is 0.311 e. The van der Waals surface area contributed by atoms with Crippen LogP contribution in [0.15, 0.2) is 18.2 Å². The van der Waals surface area contributed by atoms with Crippen LogP contribution in [0.3, 0.4) is 0 Å². The van der Waals surface area contributed by atoms with Crippen LogP contribution in [0.25, 0.3) is 0 Å². The number of benzene rings is 1. The second kappa shape index (κ2) is 7.38. The molecule has 6 heteroatoms. The zero-order valence-electron chi connectivity index (χ0n) is 14.6. The van der Waals surface area contributed by atoms with Gasteiger partial charge in [0.15, 0.2) is 5.75 Å². The van der Waals surface area contributed by atoms with Crippen molar-refractivity contribution in [2.75, 3.05) is 31.1 Å². The van der Waals surface area contributed by atoms with Crippen LogP contribution < -0.4 is 9.64 Å². The van der Waals surface area contributed by atoms with E-state index >= 15 is 0 Å². The van der Waals surface area contributed by atoms with E-state index in [1.54, 1.807) is 6.07 Å².